The van der Waals surface area contributed by atoms with Gasteiger partial charge >= 0.3 is 12.0 Å². The summed E-state index contributed by atoms with van der Waals surface area (Å²) in [6, 6.07) is 3.63. The second-order valence-electron chi connectivity index (χ2n) is 4.18. The van der Waals surface area contributed by atoms with Crippen LogP contribution in [0.3, 0.4) is 0 Å². The first-order chi connectivity index (χ1) is 10.3. The number of hydrogen-bond donors (Lipinski definition) is 3. The Kier molecular flexibility index (Phi) is 5.99. The molecule has 8 nitrogen and oxygen atoms in total. The Morgan fingerprint density at radius 2 is 1.82 bits per heavy atom. The zero-order valence-corrected chi connectivity index (χ0v) is 11.6. The van der Waals surface area contributed by atoms with Crippen LogP contribution < -0.4 is 16.4 Å². The van der Waals surface area contributed by atoms with Crippen LogP contribution in [0.4, 0.5) is 9.18 Å². The Morgan fingerprint density at radius 3 is 2.36 bits per heavy atom. The summed E-state index contributed by atoms with van der Waals surface area (Å²) in [5.74, 6) is -2.87. The number of benzene rings is 1. The van der Waals surface area contributed by atoms with Crippen LogP contribution in [0.25, 0.3) is 0 Å². The molecular weight excluding hydrogens is 297 g/mol. The molecule has 4 amide bonds. The minimum absolute atomic E-state index is 0.161. The first kappa shape index (κ1) is 17.1. The normalized spacial score (nSPS) is 11.2. The SMILES string of the molecule is C[C@H](OC(=O)CNC(=O)c1ccc(F)cc1)C(=O)NC(N)=O. The number of ether oxygens (including phenoxy) is 1. The molecule has 1 atom stereocenters. The maximum absolute atomic E-state index is 12.7. The molecule has 1 rings (SSSR count). The standard InChI is InChI=1S/C13H14FN3O5/c1-7(11(19)17-13(15)21)22-10(18)6-16-12(20)8-2-4-9(14)5-3-8/h2-5,7H,6H2,1H3,(H,16,20)(H3,15,17,19,21)/t7-/m0/s1. The molecule has 1 aromatic rings. The Hall–Kier alpha value is -2.97. The zero-order valence-electron chi connectivity index (χ0n) is 11.6. The number of primary amides is 1. The van der Waals surface area contributed by atoms with Crippen LogP contribution in [-0.2, 0) is 14.3 Å². The van der Waals surface area contributed by atoms with Gasteiger partial charge in [-0.3, -0.25) is 19.7 Å². The van der Waals surface area contributed by atoms with Crippen molar-refractivity contribution in [2.75, 3.05) is 6.54 Å². The van der Waals surface area contributed by atoms with Gasteiger partial charge in [-0.05, 0) is 31.2 Å². The van der Waals surface area contributed by atoms with Gasteiger partial charge in [0.1, 0.15) is 12.4 Å². The summed E-state index contributed by atoms with van der Waals surface area (Å²) in [5, 5.41) is 3.99. The highest BCUT2D eigenvalue weighted by Gasteiger charge is 2.19. The smallest absolute Gasteiger partial charge is 0.326 e. The number of nitrogens with one attached hydrogen (secondary N) is 2. The predicted octanol–water partition coefficient (Wildman–Crippen LogP) is -0.318. The van der Waals surface area contributed by atoms with E-state index in [0.717, 1.165) is 12.1 Å². The third-order valence-corrected chi connectivity index (χ3v) is 2.42. The van der Waals surface area contributed by atoms with Crippen molar-refractivity contribution in [2.24, 2.45) is 5.73 Å². The van der Waals surface area contributed by atoms with E-state index in [1.807, 2.05) is 0 Å². The maximum Gasteiger partial charge on any atom is 0.326 e. The zero-order chi connectivity index (χ0) is 16.7. The van der Waals surface area contributed by atoms with E-state index in [0.29, 0.717) is 0 Å². The van der Waals surface area contributed by atoms with Crippen LogP contribution in [0, 0.1) is 5.82 Å². The number of carbonyl (C=O) groups excluding carboxylic acids is 4. The lowest BCUT2D eigenvalue weighted by Gasteiger charge is -2.12. The highest BCUT2D eigenvalue weighted by atomic mass is 19.1. The Labute approximate surface area is 124 Å². The van der Waals surface area contributed by atoms with Gasteiger partial charge in [-0.25, -0.2) is 9.18 Å². The second kappa shape index (κ2) is 7.72. The Bertz CT molecular complexity index is 588. The van der Waals surface area contributed by atoms with Gasteiger partial charge in [0.05, 0.1) is 0 Å². The quantitative estimate of drug-likeness (QED) is 0.642. The highest BCUT2D eigenvalue weighted by Crippen LogP contribution is 2.02. The topological polar surface area (TPSA) is 128 Å². The summed E-state index contributed by atoms with van der Waals surface area (Å²) in [4.78, 5) is 44.8. The van der Waals surface area contributed by atoms with Crippen molar-refractivity contribution < 1.29 is 28.3 Å². The molecule has 0 bridgehead atoms. The molecule has 0 fully saturated rings. The second-order valence-corrected chi connectivity index (χ2v) is 4.18. The number of amides is 4. The van der Waals surface area contributed by atoms with Crippen molar-refractivity contribution in [3.63, 3.8) is 0 Å². The average molecular weight is 311 g/mol. The van der Waals surface area contributed by atoms with Gasteiger partial charge in [0.15, 0.2) is 6.10 Å². The fourth-order valence-corrected chi connectivity index (χ4v) is 1.37. The Morgan fingerprint density at radius 1 is 1.23 bits per heavy atom. The van der Waals surface area contributed by atoms with Gasteiger partial charge in [-0.15, -0.1) is 0 Å². The summed E-state index contributed by atoms with van der Waals surface area (Å²) in [5.41, 5.74) is 4.90. The van der Waals surface area contributed by atoms with Crippen LogP contribution in [0.15, 0.2) is 24.3 Å². The molecule has 0 saturated heterocycles. The third-order valence-electron chi connectivity index (χ3n) is 2.42. The number of nitrogens with two attached hydrogens (primary N) is 1. The number of urea groups is 1. The largest absolute Gasteiger partial charge is 0.451 e. The van der Waals surface area contributed by atoms with Crippen LogP contribution in [0.2, 0.25) is 0 Å². The molecule has 0 aromatic heterocycles. The van der Waals surface area contributed by atoms with Gasteiger partial charge in [-0.1, -0.05) is 0 Å². The van der Waals surface area contributed by atoms with Crippen molar-refractivity contribution >= 4 is 23.8 Å². The molecule has 1 aromatic carbocycles. The monoisotopic (exact) mass is 311 g/mol. The molecule has 0 aliphatic heterocycles. The fraction of sp³-hybridized carbons (Fsp3) is 0.231. The lowest BCUT2D eigenvalue weighted by Crippen LogP contribution is -2.43. The molecule has 118 valence electrons. The summed E-state index contributed by atoms with van der Waals surface area (Å²) in [6.45, 7) is 0.738. The maximum atomic E-state index is 12.7. The van der Waals surface area contributed by atoms with E-state index in [2.05, 4.69) is 10.1 Å². The lowest BCUT2D eigenvalue weighted by molar-refractivity contribution is -0.153. The van der Waals surface area contributed by atoms with Crippen LogP contribution in [-0.4, -0.2) is 36.5 Å². The number of carbonyl (C=O) groups is 4. The molecule has 0 aliphatic carbocycles. The molecule has 0 aliphatic rings. The van der Waals surface area contributed by atoms with E-state index in [4.69, 9.17) is 5.73 Å². The van der Waals surface area contributed by atoms with E-state index in [-0.39, 0.29) is 5.56 Å². The minimum Gasteiger partial charge on any atom is -0.451 e. The van der Waals surface area contributed by atoms with Gasteiger partial charge in [0, 0.05) is 5.56 Å². The summed E-state index contributed by atoms with van der Waals surface area (Å²) < 4.78 is 17.4. The van der Waals surface area contributed by atoms with E-state index in [9.17, 15) is 23.6 Å². The number of esters is 1. The fourth-order valence-electron chi connectivity index (χ4n) is 1.37. The molecule has 0 saturated carbocycles. The number of hydrogen-bond acceptors (Lipinski definition) is 5. The molecule has 0 unspecified atom stereocenters. The van der Waals surface area contributed by atoms with Gasteiger partial charge in [0.25, 0.3) is 11.8 Å². The van der Waals surface area contributed by atoms with Gasteiger partial charge in [-0.2, -0.15) is 0 Å². The molecule has 0 radical (unpaired) electrons. The molecule has 22 heavy (non-hydrogen) atoms. The van der Waals surface area contributed by atoms with Crippen LogP contribution in [0.1, 0.15) is 17.3 Å². The predicted molar refractivity (Wildman–Crippen MR) is 72.0 cm³/mol. The van der Waals surface area contributed by atoms with Crippen molar-refractivity contribution in [3.05, 3.63) is 35.6 Å². The van der Waals surface area contributed by atoms with E-state index >= 15 is 0 Å². The summed E-state index contributed by atoms with van der Waals surface area (Å²) >= 11 is 0. The summed E-state index contributed by atoms with van der Waals surface area (Å²) in [7, 11) is 0. The van der Waals surface area contributed by atoms with Crippen molar-refractivity contribution in [2.45, 2.75) is 13.0 Å². The lowest BCUT2D eigenvalue weighted by atomic mass is 10.2. The van der Waals surface area contributed by atoms with Crippen molar-refractivity contribution in [1.82, 2.24) is 10.6 Å². The van der Waals surface area contributed by atoms with Crippen LogP contribution >= 0.6 is 0 Å². The van der Waals surface area contributed by atoms with Crippen molar-refractivity contribution in [1.29, 1.82) is 0 Å². The van der Waals surface area contributed by atoms with E-state index < -0.39 is 42.3 Å². The molecule has 0 heterocycles. The van der Waals surface area contributed by atoms with Crippen molar-refractivity contribution in [3.8, 4) is 0 Å². The van der Waals surface area contributed by atoms with Gasteiger partial charge in [0.2, 0.25) is 0 Å². The Balaban J connectivity index is 2.42. The third kappa shape index (κ3) is 5.57. The number of halogens is 1. The molecule has 0 spiro atoms. The molecular formula is C13H14FN3O5. The minimum atomic E-state index is -1.25. The van der Waals surface area contributed by atoms with Gasteiger partial charge < -0.3 is 15.8 Å². The number of imide groups is 1. The van der Waals surface area contributed by atoms with Crippen LogP contribution in [0.5, 0.6) is 0 Å². The molecule has 9 heteroatoms. The van der Waals surface area contributed by atoms with E-state index in [1.54, 1.807) is 5.32 Å². The van der Waals surface area contributed by atoms with E-state index in [1.165, 1.54) is 19.1 Å². The average Bonchev–Trinajstić information content (AvgIpc) is 2.44. The number of rotatable bonds is 5. The summed E-state index contributed by atoms with van der Waals surface area (Å²) in [6.07, 6.45) is -1.25. The highest BCUT2D eigenvalue weighted by molar-refractivity contribution is 5.97. The first-order valence-electron chi connectivity index (χ1n) is 6.13. The first-order valence-corrected chi connectivity index (χ1v) is 6.13. The molecule has 4 N–H and O–H groups in total.